The van der Waals surface area contributed by atoms with E-state index in [0.717, 1.165) is 51.4 Å². The van der Waals surface area contributed by atoms with Crippen molar-refractivity contribution in [2.75, 3.05) is 0 Å². The van der Waals surface area contributed by atoms with Crippen LogP contribution in [-0.2, 0) is 4.79 Å². The third-order valence-corrected chi connectivity index (χ3v) is 12.3. The van der Waals surface area contributed by atoms with Crippen molar-refractivity contribution in [2.45, 2.75) is 118 Å². The van der Waals surface area contributed by atoms with Gasteiger partial charge in [0.1, 0.15) is 5.78 Å². The molecule has 4 fully saturated rings. The van der Waals surface area contributed by atoms with Crippen molar-refractivity contribution in [3.05, 3.63) is 11.6 Å². The summed E-state index contributed by atoms with van der Waals surface area (Å²) < 4.78 is 0. The van der Waals surface area contributed by atoms with Crippen LogP contribution in [0.2, 0.25) is 0 Å². The van der Waals surface area contributed by atoms with Gasteiger partial charge in [0.15, 0.2) is 0 Å². The lowest BCUT2D eigenvalue weighted by molar-refractivity contribution is -0.191. The van der Waals surface area contributed by atoms with Gasteiger partial charge in [-0.05, 0) is 91.3 Å². The molecule has 0 radical (unpaired) electrons. The molecule has 7 atom stereocenters. The lowest BCUT2D eigenvalue weighted by Crippen LogP contribution is -2.65. The predicted octanol–water partition coefficient (Wildman–Crippen LogP) is 7.10. The zero-order valence-corrected chi connectivity index (χ0v) is 21.2. The lowest BCUT2D eigenvalue weighted by Gasteiger charge is -2.70. The Morgan fingerprint density at radius 2 is 1.55 bits per heavy atom. The first-order chi connectivity index (χ1) is 14.2. The van der Waals surface area contributed by atoms with Gasteiger partial charge in [0, 0.05) is 17.8 Å². The molecule has 0 aromatic carbocycles. The number of carbonyl (C=O) groups is 1. The molecule has 2 heteroatoms. The number of hydrogen-bond donors (Lipinski definition) is 1. The quantitative estimate of drug-likeness (QED) is 0.419. The number of aliphatic hydroxyl groups is 1. The van der Waals surface area contributed by atoms with Crippen molar-refractivity contribution in [2.24, 2.45) is 44.8 Å². The summed E-state index contributed by atoms with van der Waals surface area (Å²) in [4.78, 5) is 12.9. The van der Waals surface area contributed by atoms with E-state index in [4.69, 9.17) is 0 Å². The molecule has 0 saturated heterocycles. The van der Waals surface area contributed by atoms with Gasteiger partial charge in [0.2, 0.25) is 0 Å². The highest BCUT2D eigenvalue weighted by Gasteiger charge is 2.68. The molecule has 5 aliphatic carbocycles. The maximum absolute atomic E-state index is 12.9. The van der Waals surface area contributed by atoms with Gasteiger partial charge in [-0.3, -0.25) is 4.79 Å². The van der Waals surface area contributed by atoms with Crippen molar-refractivity contribution in [3.8, 4) is 0 Å². The Bertz CT molecular complexity index is 836. The highest BCUT2D eigenvalue weighted by atomic mass is 16.3. The number of Topliss-reactive ketones (excluding diaryl/α,β-unsaturated/α-hetero) is 1. The number of allylic oxidation sites excluding steroid dienone is 1. The summed E-state index contributed by atoms with van der Waals surface area (Å²) in [5, 5.41) is 11.7. The van der Waals surface area contributed by atoms with Crippen LogP contribution in [0, 0.1) is 44.8 Å². The average molecular weight is 427 g/mol. The molecule has 5 aliphatic rings. The van der Waals surface area contributed by atoms with Crippen molar-refractivity contribution >= 4 is 5.78 Å². The molecule has 2 nitrogen and oxygen atoms in total. The summed E-state index contributed by atoms with van der Waals surface area (Å²) >= 11 is 0. The molecule has 1 N–H and O–H groups in total. The fourth-order valence-corrected chi connectivity index (χ4v) is 10.0. The van der Waals surface area contributed by atoms with Gasteiger partial charge >= 0.3 is 0 Å². The van der Waals surface area contributed by atoms with E-state index < -0.39 is 5.60 Å². The summed E-state index contributed by atoms with van der Waals surface area (Å²) in [5.74, 6) is 1.97. The van der Waals surface area contributed by atoms with Crippen LogP contribution in [0.1, 0.15) is 113 Å². The molecule has 4 saturated carbocycles. The van der Waals surface area contributed by atoms with E-state index in [9.17, 15) is 9.90 Å². The van der Waals surface area contributed by atoms with Crippen LogP contribution in [0.25, 0.3) is 0 Å². The third-order valence-electron chi connectivity index (χ3n) is 12.3. The first-order valence-corrected chi connectivity index (χ1v) is 13.2. The summed E-state index contributed by atoms with van der Waals surface area (Å²) in [7, 11) is 0. The number of carbonyl (C=O) groups excluding carboxylic acids is 1. The number of rotatable bonds is 0. The molecule has 0 aromatic rings. The summed E-state index contributed by atoms with van der Waals surface area (Å²) in [6.45, 7) is 17.0. The second-order valence-electron chi connectivity index (χ2n) is 14.5. The van der Waals surface area contributed by atoms with Crippen molar-refractivity contribution in [1.82, 2.24) is 0 Å². The first kappa shape index (κ1) is 22.2. The third kappa shape index (κ3) is 2.69. The van der Waals surface area contributed by atoms with Crippen LogP contribution < -0.4 is 0 Å². The molecule has 0 amide bonds. The van der Waals surface area contributed by atoms with Gasteiger partial charge in [-0.1, -0.05) is 60.1 Å². The first-order valence-electron chi connectivity index (χ1n) is 13.2. The summed E-state index contributed by atoms with van der Waals surface area (Å²) in [6.07, 6.45) is 13.3. The van der Waals surface area contributed by atoms with Crippen molar-refractivity contribution < 1.29 is 9.90 Å². The maximum Gasteiger partial charge on any atom is 0.138 e. The Morgan fingerprint density at radius 1 is 0.871 bits per heavy atom. The molecule has 174 valence electrons. The van der Waals surface area contributed by atoms with Crippen LogP contribution in [0.5, 0.6) is 0 Å². The molecular weight excluding hydrogens is 380 g/mol. The van der Waals surface area contributed by atoms with Crippen LogP contribution in [0.4, 0.5) is 0 Å². The topological polar surface area (TPSA) is 37.3 Å². The Labute approximate surface area is 190 Å². The largest absolute Gasteiger partial charge is 0.389 e. The predicted molar refractivity (Wildman–Crippen MR) is 127 cm³/mol. The van der Waals surface area contributed by atoms with Crippen LogP contribution >= 0.6 is 0 Å². The number of hydrogen-bond acceptors (Lipinski definition) is 2. The zero-order valence-electron chi connectivity index (χ0n) is 21.2. The van der Waals surface area contributed by atoms with Gasteiger partial charge in [-0.15, -0.1) is 0 Å². The average Bonchev–Trinajstić information content (AvgIpc) is 2.67. The van der Waals surface area contributed by atoms with E-state index in [1.165, 1.54) is 12.8 Å². The highest BCUT2D eigenvalue weighted by molar-refractivity contribution is 5.85. The molecule has 5 rings (SSSR count). The molecule has 2 unspecified atom stereocenters. The van der Waals surface area contributed by atoms with E-state index in [1.54, 1.807) is 5.57 Å². The fourth-order valence-electron chi connectivity index (χ4n) is 10.0. The molecule has 0 heterocycles. The van der Waals surface area contributed by atoms with Crippen molar-refractivity contribution in [1.29, 1.82) is 0 Å². The van der Waals surface area contributed by atoms with E-state index in [-0.39, 0.29) is 21.7 Å². The van der Waals surface area contributed by atoms with Gasteiger partial charge in [0.05, 0.1) is 5.60 Å². The van der Waals surface area contributed by atoms with Crippen LogP contribution in [-0.4, -0.2) is 16.5 Å². The molecule has 0 spiro atoms. The second kappa shape index (κ2) is 6.28. The standard InChI is InChI=1S/C29H46O2/c1-24(2)14-16-29(31)17-15-27(6)19(20(29)18-24)8-9-22-26(5)12-11-23(30)25(3,4)21(26)10-13-28(22,27)7/h8,20-22,31H,9-18H2,1-7H3/t20?,21-,22+,26-,27+,28+,29?/m0/s1. The SMILES string of the molecule is CC1(C)CCC2(O)CC[C@]3(C)C(=CC[C@@H]4[C@@]5(C)CCC(=O)C(C)(C)[C@@H]5CC[C@]43C)C2C1. The monoisotopic (exact) mass is 426 g/mol. The second-order valence-corrected chi connectivity index (χ2v) is 14.5. The van der Waals surface area contributed by atoms with Crippen molar-refractivity contribution in [3.63, 3.8) is 0 Å². The molecule has 0 aliphatic heterocycles. The Hall–Kier alpha value is -0.630. The minimum atomic E-state index is -0.482. The van der Waals surface area contributed by atoms with E-state index in [0.29, 0.717) is 29.0 Å². The number of ketones is 1. The van der Waals surface area contributed by atoms with Gasteiger partial charge < -0.3 is 5.11 Å². The zero-order chi connectivity index (χ0) is 22.7. The summed E-state index contributed by atoms with van der Waals surface area (Å²) in [6, 6.07) is 0. The van der Waals surface area contributed by atoms with E-state index in [1.807, 2.05) is 0 Å². The van der Waals surface area contributed by atoms with Crippen LogP contribution in [0.3, 0.4) is 0 Å². The minimum Gasteiger partial charge on any atom is -0.389 e. The van der Waals surface area contributed by atoms with Crippen LogP contribution in [0.15, 0.2) is 11.6 Å². The summed E-state index contributed by atoms with van der Waals surface area (Å²) in [5.41, 5.74) is 1.96. The Morgan fingerprint density at radius 3 is 2.26 bits per heavy atom. The minimum absolute atomic E-state index is 0.180. The fraction of sp³-hybridized carbons (Fsp3) is 0.897. The Kier molecular flexibility index (Phi) is 4.49. The normalized spacial score (nSPS) is 52.8. The molecular formula is C29H46O2. The molecule has 0 aromatic heterocycles. The van der Waals surface area contributed by atoms with E-state index >= 15 is 0 Å². The maximum atomic E-state index is 12.9. The van der Waals surface area contributed by atoms with Gasteiger partial charge in [-0.25, -0.2) is 0 Å². The molecule has 0 bridgehead atoms. The highest BCUT2D eigenvalue weighted by Crippen LogP contribution is 2.74. The van der Waals surface area contributed by atoms with Gasteiger partial charge in [-0.2, -0.15) is 0 Å². The lowest BCUT2D eigenvalue weighted by atomic mass is 9.34. The smallest absolute Gasteiger partial charge is 0.138 e. The number of fused-ring (bicyclic) bond motifs is 7. The van der Waals surface area contributed by atoms with E-state index in [2.05, 4.69) is 54.5 Å². The van der Waals surface area contributed by atoms with Gasteiger partial charge in [0.25, 0.3) is 0 Å². The molecule has 31 heavy (non-hydrogen) atoms. The Balaban J connectivity index is 1.58.